The summed E-state index contributed by atoms with van der Waals surface area (Å²) in [6, 6.07) is 20.6. The normalized spacial score (nSPS) is 10.9. The number of fused-ring (bicyclic) bond motifs is 1. The zero-order valence-corrected chi connectivity index (χ0v) is 16.6. The molecule has 1 aromatic heterocycles. The summed E-state index contributed by atoms with van der Waals surface area (Å²) in [5.41, 5.74) is 1.88. The maximum absolute atomic E-state index is 13.2. The third-order valence-corrected chi connectivity index (χ3v) is 5.58. The second kappa shape index (κ2) is 8.06. The molecule has 0 saturated carbocycles. The molecule has 0 fully saturated rings. The van der Waals surface area contributed by atoms with Gasteiger partial charge in [-0.15, -0.1) is 0 Å². The van der Waals surface area contributed by atoms with Gasteiger partial charge in [-0.3, -0.25) is 19.5 Å². The van der Waals surface area contributed by atoms with Crippen LogP contribution in [0.15, 0.2) is 82.7 Å². The predicted molar refractivity (Wildman–Crippen MR) is 115 cm³/mol. The van der Waals surface area contributed by atoms with E-state index in [2.05, 4.69) is 4.98 Å². The average Bonchev–Trinajstić information content (AvgIpc) is 2.73. The molecular weight excluding hydrogens is 410 g/mol. The van der Waals surface area contributed by atoms with Gasteiger partial charge in [0, 0.05) is 22.9 Å². The van der Waals surface area contributed by atoms with E-state index in [0.29, 0.717) is 32.5 Å². The Morgan fingerprint density at radius 3 is 2.55 bits per heavy atom. The smallest absolute Gasteiger partial charge is 0.268 e. The summed E-state index contributed by atoms with van der Waals surface area (Å²) in [5.74, 6) is 0.431. The molecule has 0 N–H and O–H groups in total. The maximum atomic E-state index is 13.2. The van der Waals surface area contributed by atoms with Gasteiger partial charge in [0.15, 0.2) is 5.16 Å². The molecule has 0 aliphatic heterocycles. The molecule has 0 amide bonds. The third kappa shape index (κ3) is 4.01. The fraction of sp³-hybridized carbons (Fsp3) is 0.0476. The van der Waals surface area contributed by atoms with Crippen molar-refractivity contribution in [2.45, 2.75) is 10.9 Å². The Morgan fingerprint density at radius 1 is 1.03 bits per heavy atom. The first-order valence-corrected chi connectivity index (χ1v) is 10.0. The van der Waals surface area contributed by atoms with Crippen LogP contribution in [0.3, 0.4) is 0 Å². The van der Waals surface area contributed by atoms with Gasteiger partial charge in [-0.25, -0.2) is 4.98 Å². The number of nitrogens with zero attached hydrogens (tertiary/aromatic N) is 3. The summed E-state index contributed by atoms with van der Waals surface area (Å²) in [4.78, 5) is 28.4. The molecule has 8 heteroatoms. The summed E-state index contributed by atoms with van der Waals surface area (Å²) < 4.78 is 1.54. The van der Waals surface area contributed by atoms with Gasteiger partial charge in [0.2, 0.25) is 0 Å². The van der Waals surface area contributed by atoms with Crippen LogP contribution < -0.4 is 5.56 Å². The molecule has 4 aromatic rings. The lowest BCUT2D eigenvalue weighted by molar-refractivity contribution is -0.384. The number of hydrogen-bond donors (Lipinski definition) is 0. The second-order valence-corrected chi connectivity index (χ2v) is 7.62. The number of aromatic nitrogens is 2. The van der Waals surface area contributed by atoms with Gasteiger partial charge < -0.3 is 0 Å². The average molecular weight is 424 g/mol. The maximum Gasteiger partial charge on any atom is 0.269 e. The molecule has 0 saturated heterocycles. The highest BCUT2D eigenvalue weighted by Crippen LogP contribution is 2.26. The summed E-state index contributed by atoms with van der Waals surface area (Å²) in [6.45, 7) is 0. The van der Waals surface area contributed by atoms with Crippen LogP contribution >= 0.6 is 23.4 Å². The van der Waals surface area contributed by atoms with Crippen LogP contribution in [0.2, 0.25) is 5.02 Å². The zero-order chi connectivity index (χ0) is 20.4. The number of nitro groups is 1. The highest BCUT2D eigenvalue weighted by Gasteiger charge is 2.14. The van der Waals surface area contributed by atoms with Crippen LogP contribution in [-0.4, -0.2) is 14.5 Å². The fourth-order valence-electron chi connectivity index (χ4n) is 2.93. The van der Waals surface area contributed by atoms with Crippen LogP contribution in [0.4, 0.5) is 5.69 Å². The number of hydrogen-bond acceptors (Lipinski definition) is 5. The zero-order valence-electron chi connectivity index (χ0n) is 15.0. The Morgan fingerprint density at radius 2 is 1.79 bits per heavy atom. The van der Waals surface area contributed by atoms with Gasteiger partial charge in [0.1, 0.15) is 0 Å². The minimum absolute atomic E-state index is 0.0321. The molecule has 0 unspecified atom stereocenters. The van der Waals surface area contributed by atoms with Crippen LogP contribution in [0, 0.1) is 10.1 Å². The van der Waals surface area contributed by atoms with Gasteiger partial charge >= 0.3 is 0 Å². The lowest BCUT2D eigenvalue weighted by atomic mass is 10.2. The molecule has 0 radical (unpaired) electrons. The molecule has 6 nitrogen and oxygen atoms in total. The Labute approximate surface area is 174 Å². The molecule has 0 aliphatic carbocycles. The quantitative estimate of drug-likeness (QED) is 0.190. The summed E-state index contributed by atoms with van der Waals surface area (Å²) in [5, 5.41) is 12.6. The number of non-ortho nitro benzene ring substituents is 1. The molecule has 144 valence electrons. The van der Waals surface area contributed by atoms with E-state index in [1.165, 1.54) is 23.9 Å². The first-order valence-electron chi connectivity index (χ1n) is 8.67. The number of benzene rings is 3. The van der Waals surface area contributed by atoms with Gasteiger partial charge in [0.05, 0.1) is 21.5 Å². The Bertz CT molecular complexity index is 1270. The van der Waals surface area contributed by atoms with Crippen molar-refractivity contribution in [3.05, 3.63) is 104 Å². The van der Waals surface area contributed by atoms with Crippen LogP contribution in [0.1, 0.15) is 5.56 Å². The van der Waals surface area contributed by atoms with E-state index >= 15 is 0 Å². The lowest BCUT2D eigenvalue weighted by Crippen LogP contribution is -2.21. The van der Waals surface area contributed by atoms with Gasteiger partial charge in [-0.05, 0) is 42.0 Å². The van der Waals surface area contributed by atoms with E-state index in [9.17, 15) is 14.9 Å². The third-order valence-electron chi connectivity index (χ3n) is 4.32. The van der Waals surface area contributed by atoms with Crippen molar-refractivity contribution in [3.63, 3.8) is 0 Å². The molecule has 3 aromatic carbocycles. The largest absolute Gasteiger partial charge is 0.269 e. The van der Waals surface area contributed by atoms with Crippen molar-refractivity contribution in [1.82, 2.24) is 9.55 Å². The Kier molecular flexibility index (Phi) is 5.33. The topological polar surface area (TPSA) is 78.0 Å². The summed E-state index contributed by atoms with van der Waals surface area (Å²) >= 11 is 7.34. The SMILES string of the molecule is O=c1c2ccccc2nc(SCc2cccc([N+](=O)[O-])c2)n1-c1ccc(Cl)cc1. The molecule has 0 bridgehead atoms. The molecule has 0 aliphatic rings. The van der Waals surface area contributed by atoms with Crippen molar-refractivity contribution in [2.24, 2.45) is 0 Å². The Hall–Kier alpha value is -3.16. The van der Waals surface area contributed by atoms with E-state index in [-0.39, 0.29) is 11.2 Å². The summed E-state index contributed by atoms with van der Waals surface area (Å²) in [7, 11) is 0. The monoisotopic (exact) mass is 423 g/mol. The molecule has 29 heavy (non-hydrogen) atoms. The molecule has 0 atom stereocenters. The van der Waals surface area contributed by atoms with Crippen molar-refractivity contribution in [1.29, 1.82) is 0 Å². The standard InChI is InChI=1S/C21H14ClN3O3S/c22-15-8-10-16(11-9-15)24-20(26)18-6-1-2-7-19(18)23-21(24)29-13-14-4-3-5-17(12-14)25(27)28/h1-12H,13H2. The molecule has 4 rings (SSSR count). The van der Waals surface area contributed by atoms with E-state index < -0.39 is 4.92 Å². The van der Waals surface area contributed by atoms with Crippen LogP contribution in [0.25, 0.3) is 16.6 Å². The number of para-hydroxylation sites is 1. The molecule has 1 heterocycles. The van der Waals surface area contributed by atoms with Gasteiger partial charge in [-0.1, -0.05) is 47.6 Å². The van der Waals surface area contributed by atoms with Crippen LogP contribution in [0.5, 0.6) is 0 Å². The van der Waals surface area contributed by atoms with E-state index in [0.717, 1.165) is 5.56 Å². The first-order chi connectivity index (χ1) is 14.0. The second-order valence-electron chi connectivity index (χ2n) is 6.24. The number of thioether (sulfide) groups is 1. The minimum atomic E-state index is -0.425. The number of rotatable bonds is 5. The summed E-state index contributed by atoms with van der Waals surface area (Å²) in [6.07, 6.45) is 0. The van der Waals surface area contributed by atoms with Crippen molar-refractivity contribution in [2.75, 3.05) is 0 Å². The van der Waals surface area contributed by atoms with Crippen molar-refractivity contribution in [3.8, 4) is 5.69 Å². The number of halogens is 1. The van der Waals surface area contributed by atoms with Crippen molar-refractivity contribution < 1.29 is 4.92 Å². The van der Waals surface area contributed by atoms with Crippen molar-refractivity contribution >= 4 is 40.0 Å². The number of nitro benzene ring substituents is 1. The molecule has 0 spiro atoms. The van der Waals surface area contributed by atoms with E-state index in [1.807, 2.05) is 12.1 Å². The first kappa shape index (κ1) is 19.2. The highest BCUT2D eigenvalue weighted by molar-refractivity contribution is 7.98. The van der Waals surface area contributed by atoms with E-state index in [4.69, 9.17) is 11.6 Å². The Balaban J connectivity index is 1.79. The molecular formula is C21H14ClN3O3S. The van der Waals surface area contributed by atoms with Crippen LogP contribution in [-0.2, 0) is 5.75 Å². The minimum Gasteiger partial charge on any atom is -0.268 e. The lowest BCUT2D eigenvalue weighted by Gasteiger charge is -2.13. The predicted octanol–water partition coefficient (Wildman–Crippen LogP) is 5.24. The van der Waals surface area contributed by atoms with Gasteiger partial charge in [-0.2, -0.15) is 0 Å². The highest BCUT2D eigenvalue weighted by atomic mass is 35.5. The van der Waals surface area contributed by atoms with Gasteiger partial charge in [0.25, 0.3) is 11.2 Å². The van der Waals surface area contributed by atoms with E-state index in [1.54, 1.807) is 53.1 Å². The fourth-order valence-corrected chi connectivity index (χ4v) is 4.02.